The topological polar surface area (TPSA) is 69.6 Å². The van der Waals surface area contributed by atoms with Gasteiger partial charge in [-0.15, -0.1) is 6.58 Å². The SMILES string of the molecule is C=CCC(NC(=O)N(C)C(C)CSC)C(=O)O. The van der Waals surface area contributed by atoms with E-state index in [1.165, 1.54) is 11.0 Å². The summed E-state index contributed by atoms with van der Waals surface area (Å²) in [6, 6.07) is -1.23. The zero-order chi connectivity index (χ0) is 13.4. The van der Waals surface area contributed by atoms with E-state index in [1.54, 1.807) is 18.8 Å². The first-order chi connectivity index (χ1) is 7.93. The van der Waals surface area contributed by atoms with Crippen molar-refractivity contribution in [1.82, 2.24) is 10.2 Å². The Bertz CT molecular complexity index is 284. The van der Waals surface area contributed by atoms with Crippen molar-refractivity contribution in [3.63, 3.8) is 0 Å². The van der Waals surface area contributed by atoms with Crippen LogP contribution in [0.4, 0.5) is 4.79 Å². The predicted molar refractivity (Wildman–Crippen MR) is 70.4 cm³/mol. The number of nitrogens with one attached hydrogen (secondary N) is 1. The zero-order valence-electron chi connectivity index (χ0n) is 10.5. The van der Waals surface area contributed by atoms with Crippen molar-refractivity contribution >= 4 is 23.8 Å². The standard InChI is InChI=1S/C11H20N2O3S/c1-5-6-9(10(14)15)12-11(16)13(3)8(2)7-17-4/h5,8-9H,1,6-7H2,2-4H3,(H,12,16)(H,14,15). The molecule has 2 amide bonds. The molecule has 0 spiro atoms. The van der Waals surface area contributed by atoms with Crippen LogP contribution in [0.1, 0.15) is 13.3 Å². The Labute approximate surface area is 106 Å². The molecule has 0 aliphatic heterocycles. The molecule has 0 aromatic carbocycles. The fraction of sp³-hybridized carbons (Fsp3) is 0.636. The van der Waals surface area contributed by atoms with Gasteiger partial charge in [-0.25, -0.2) is 9.59 Å². The lowest BCUT2D eigenvalue weighted by atomic mass is 10.2. The largest absolute Gasteiger partial charge is 0.480 e. The molecule has 98 valence electrons. The number of hydrogen-bond donors (Lipinski definition) is 2. The lowest BCUT2D eigenvalue weighted by Crippen LogP contribution is -2.49. The Morgan fingerprint density at radius 2 is 2.18 bits per heavy atom. The monoisotopic (exact) mass is 260 g/mol. The summed E-state index contributed by atoms with van der Waals surface area (Å²) in [6.07, 6.45) is 3.65. The highest BCUT2D eigenvalue weighted by Gasteiger charge is 2.22. The molecule has 0 aliphatic carbocycles. The van der Waals surface area contributed by atoms with Gasteiger partial charge in [0.1, 0.15) is 6.04 Å². The van der Waals surface area contributed by atoms with Crippen molar-refractivity contribution in [3.05, 3.63) is 12.7 Å². The molecule has 6 heteroatoms. The Kier molecular flexibility index (Phi) is 7.45. The minimum absolute atomic E-state index is 0.0585. The third kappa shape index (κ3) is 5.63. The zero-order valence-corrected chi connectivity index (χ0v) is 11.3. The molecule has 0 heterocycles. The van der Waals surface area contributed by atoms with E-state index in [0.29, 0.717) is 0 Å². The molecule has 0 aromatic rings. The van der Waals surface area contributed by atoms with E-state index >= 15 is 0 Å². The van der Waals surface area contributed by atoms with E-state index < -0.39 is 12.0 Å². The number of carboxylic acid groups (broad SMARTS) is 1. The number of urea groups is 1. The highest BCUT2D eigenvalue weighted by Crippen LogP contribution is 2.04. The number of amides is 2. The molecule has 2 N–H and O–H groups in total. The van der Waals surface area contributed by atoms with Crippen LogP contribution >= 0.6 is 11.8 Å². The van der Waals surface area contributed by atoms with E-state index in [4.69, 9.17) is 5.11 Å². The Morgan fingerprint density at radius 3 is 2.59 bits per heavy atom. The van der Waals surface area contributed by atoms with Crippen molar-refractivity contribution in [2.24, 2.45) is 0 Å². The van der Waals surface area contributed by atoms with Gasteiger partial charge in [0, 0.05) is 18.8 Å². The van der Waals surface area contributed by atoms with Gasteiger partial charge in [-0.3, -0.25) is 0 Å². The van der Waals surface area contributed by atoms with Crippen molar-refractivity contribution in [2.45, 2.75) is 25.4 Å². The van der Waals surface area contributed by atoms with E-state index in [0.717, 1.165) is 5.75 Å². The summed E-state index contributed by atoms with van der Waals surface area (Å²) < 4.78 is 0. The summed E-state index contributed by atoms with van der Waals surface area (Å²) >= 11 is 1.64. The maximum Gasteiger partial charge on any atom is 0.326 e. The molecule has 0 rings (SSSR count). The average Bonchev–Trinajstić information content (AvgIpc) is 2.27. The lowest BCUT2D eigenvalue weighted by molar-refractivity contribution is -0.139. The first-order valence-corrected chi connectivity index (χ1v) is 6.69. The van der Waals surface area contributed by atoms with E-state index in [9.17, 15) is 9.59 Å². The molecule has 0 aliphatic rings. The van der Waals surface area contributed by atoms with Crippen molar-refractivity contribution < 1.29 is 14.7 Å². The Hall–Kier alpha value is -1.17. The summed E-state index contributed by atoms with van der Waals surface area (Å²) in [6.45, 7) is 5.38. The van der Waals surface area contributed by atoms with Crippen LogP contribution in [0.3, 0.4) is 0 Å². The van der Waals surface area contributed by atoms with Crippen molar-refractivity contribution in [3.8, 4) is 0 Å². The van der Waals surface area contributed by atoms with Crippen LogP contribution in [0, 0.1) is 0 Å². The molecule has 0 fully saturated rings. The second kappa shape index (κ2) is 8.00. The van der Waals surface area contributed by atoms with Gasteiger partial charge in [-0.2, -0.15) is 11.8 Å². The second-order valence-electron chi connectivity index (χ2n) is 3.78. The van der Waals surface area contributed by atoms with Crippen LogP contribution in [0.5, 0.6) is 0 Å². The molecular weight excluding hydrogens is 240 g/mol. The lowest BCUT2D eigenvalue weighted by Gasteiger charge is -2.26. The molecule has 0 saturated heterocycles. The van der Waals surface area contributed by atoms with Crippen LogP contribution in [0.2, 0.25) is 0 Å². The fourth-order valence-corrected chi connectivity index (χ4v) is 1.90. The molecule has 0 bridgehead atoms. The van der Waals surface area contributed by atoms with Gasteiger partial charge in [-0.1, -0.05) is 6.08 Å². The van der Waals surface area contributed by atoms with Gasteiger partial charge in [0.05, 0.1) is 0 Å². The third-order valence-electron chi connectivity index (χ3n) is 2.39. The number of carboxylic acids is 1. The van der Waals surface area contributed by atoms with Crippen LogP contribution in [0.25, 0.3) is 0 Å². The normalized spacial score (nSPS) is 13.6. The van der Waals surface area contributed by atoms with Crippen molar-refractivity contribution in [2.75, 3.05) is 19.1 Å². The highest BCUT2D eigenvalue weighted by molar-refractivity contribution is 7.98. The van der Waals surface area contributed by atoms with Gasteiger partial charge in [0.2, 0.25) is 0 Å². The predicted octanol–water partition coefficient (Wildman–Crippen LogP) is 1.41. The quantitative estimate of drug-likeness (QED) is 0.679. The fourth-order valence-electron chi connectivity index (χ4n) is 1.19. The number of aliphatic carboxylic acids is 1. The number of rotatable bonds is 7. The maximum absolute atomic E-state index is 11.8. The van der Waals surface area contributed by atoms with Crippen LogP contribution in [-0.2, 0) is 4.79 Å². The van der Waals surface area contributed by atoms with Crippen LogP contribution in [0.15, 0.2) is 12.7 Å². The highest BCUT2D eigenvalue weighted by atomic mass is 32.2. The van der Waals surface area contributed by atoms with Gasteiger partial charge in [0.15, 0.2) is 0 Å². The maximum atomic E-state index is 11.8. The minimum atomic E-state index is -1.05. The second-order valence-corrected chi connectivity index (χ2v) is 4.69. The Balaban J connectivity index is 4.39. The first-order valence-electron chi connectivity index (χ1n) is 5.30. The average molecular weight is 260 g/mol. The molecular formula is C11H20N2O3S. The summed E-state index contributed by atoms with van der Waals surface area (Å²) in [5, 5.41) is 11.4. The van der Waals surface area contributed by atoms with Gasteiger partial charge >= 0.3 is 12.0 Å². The molecule has 2 unspecified atom stereocenters. The van der Waals surface area contributed by atoms with Gasteiger partial charge in [-0.05, 0) is 19.6 Å². The van der Waals surface area contributed by atoms with Crippen LogP contribution < -0.4 is 5.32 Å². The molecule has 0 saturated carbocycles. The Morgan fingerprint density at radius 1 is 1.59 bits per heavy atom. The van der Waals surface area contributed by atoms with E-state index in [2.05, 4.69) is 11.9 Å². The summed E-state index contributed by atoms with van der Waals surface area (Å²) in [5.41, 5.74) is 0. The smallest absolute Gasteiger partial charge is 0.326 e. The molecule has 0 radical (unpaired) electrons. The first kappa shape index (κ1) is 15.8. The summed E-state index contributed by atoms with van der Waals surface area (Å²) in [5.74, 6) is -0.243. The number of thioether (sulfide) groups is 1. The number of nitrogens with zero attached hydrogens (tertiary/aromatic N) is 1. The minimum Gasteiger partial charge on any atom is -0.480 e. The number of carbonyl (C=O) groups is 2. The van der Waals surface area contributed by atoms with E-state index in [-0.39, 0.29) is 18.5 Å². The van der Waals surface area contributed by atoms with Crippen LogP contribution in [-0.4, -0.2) is 53.1 Å². The van der Waals surface area contributed by atoms with Crippen molar-refractivity contribution in [1.29, 1.82) is 0 Å². The number of hydrogen-bond acceptors (Lipinski definition) is 3. The third-order valence-corrected chi connectivity index (χ3v) is 3.20. The molecule has 5 nitrogen and oxygen atoms in total. The van der Waals surface area contributed by atoms with Gasteiger partial charge in [0.25, 0.3) is 0 Å². The van der Waals surface area contributed by atoms with Gasteiger partial charge < -0.3 is 15.3 Å². The molecule has 0 aromatic heterocycles. The molecule has 17 heavy (non-hydrogen) atoms. The summed E-state index contributed by atoms with van der Waals surface area (Å²) in [7, 11) is 1.66. The number of carbonyl (C=O) groups excluding carboxylic acids is 1. The summed E-state index contributed by atoms with van der Waals surface area (Å²) in [4.78, 5) is 24.1. The molecule has 2 atom stereocenters. The van der Waals surface area contributed by atoms with E-state index in [1.807, 2.05) is 13.2 Å².